The van der Waals surface area contributed by atoms with Crippen LogP contribution in [0.2, 0.25) is 0 Å². The zero-order chi connectivity index (χ0) is 45.7. The summed E-state index contributed by atoms with van der Waals surface area (Å²) < 4.78 is 33.6. The van der Waals surface area contributed by atoms with Gasteiger partial charge in [-0.05, 0) is 12.8 Å². The predicted octanol–water partition coefficient (Wildman–Crippen LogP) is 10.5. The molecule has 14 heteroatoms. The van der Waals surface area contributed by atoms with Gasteiger partial charge in [0.1, 0.15) is 43.2 Å². The van der Waals surface area contributed by atoms with Crippen LogP contribution in [0, 0.1) is 0 Å². The lowest BCUT2D eigenvalue weighted by Crippen LogP contribution is -2.64. The molecule has 8 atom stereocenters. The number of hydrogen-bond acceptors (Lipinski definition) is 12. The van der Waals surface area contributed by atoms with Gasteiger partial charge < -0.3 is 39.9 Å². The minimum Gasteiger partial charge on any atom is -0.462 e. The summed E-state index contributed by atoms with van der Waals surface area (Å²) in [6.07, 6.45) is 27.4. The van der Waals surface area contributed by atoms with Crippen LogP contribution in [0.1, 0.15) is 239 Å². The van der Waals surface area contributed by atoms with Gasteiger partial charge in [-0.25, -0.2) is 4.57 Å². The molecule has 1 aliphatic carbocycles. The molecule has 0 saturated heterocycles. The summed E-state index contributed by atoms with van der Waals surface area (Å²) in [6.45, 7) is 3.33. The van der Waals surface area contributed by atoms with Crippen molar-refractivity contribution in [1.82, 2.24) is 0 Å². The number of phosphoric ester groups is 1. The maximum atomic E-state index is 12.8. The molecule has 0 radical (unpaired) electrons. The molecule has 0 bridgehead atoms. The van der Waals surface area contributed by atoms with E-state index in [0.29, 0.717) is 12.8 Å². The summed E-state index contributed by atoms with van der Waals surface area (Å²) in [6, 6.07) is 0. The minimum atomic E-state index is -5.11. The van der Waals surface area contributed by atoms with E-state index in [9.17, 15) is 44.6 Å². The molecule has 0 aromatic rings. The zero-order valence-electron chi connectivity index (χ0n) is 39.2. The van der Waals surface area contributed by atoms with Crippen molar-refractivity contribution in [2.45, 2.75) is 281 Å². The number of aliphatic hydroxyl groups is 5. The number of aliphatic hydroxyl groups excluding tert-OH is 5. The van der Waals surface area contributed by atoms with Crippen molar-refractivity contribution in [3.05, 3.63) is 0 Å². The van der Waals surface area contributed by atoms with Crippen LogP contribution in [0.5, 0.6) is 0 Å². The Morgan fingerprint density at radius 3 is 1.06 bits per heavy atom. The molecular weight excluding hydrogens is 815 g/mol. The highest BCUT2D eigenvalue weighted by molar-refractivity contribution is 7.47. The van der Waals surface area contributed by atoms with Gasteiger partial charge in [0.05, 0.1) is 6.61 Å². The molecule has 13 nitrogen and oxygen atoms in total. The third-order valence-electron chi connectivity index (χ3n) is 12.2. The van der Waals surface area contributed by atoms with Crippen LogP contribution in [-0.4, -0.2) is 98.3 Å². The van der Waals surface area contributed by atoms with E-state index in [1.165, 1.54) is 161 Å². The number of carbonyl (C=O) groups excluding carboxylic acids is 2. The Bertz CT molecular complexity index is 1100. The third kappa shape index (κ3) is 30.9. The van der Waals surface area contributed by atoms with Gasteiger partial charge in [-0.3, -0.25) is 18.6 Å². The highest BCUT2D eigenvalue weighted by atomic mass is 31.2. The Morgan fingerprint density at radius 1 is 0.435 bits per heavy atom. The van der Waals surface area contributed by atoms with E-state index in [2.05, 4.69) is 13.8 Å². The molecule has 1 fully saturated rings. The molecular formula is C48H93O13P. The second-order valence-corrected chi connectivity index (χ2v) is 19.4. The molecule has 0 aliphatic heterocycles. The zero-order valence-corrected chi connectivity index (χ0v) is 40.1. The molecule has 1 aliphatic rings. The van der Waals surface area contributed by atoms with Crippen LogP contribution >= 0.6 is 7.82 Å². The Morgan fingerprint density at radius 2 is 0.726 bits per heavy atom. The van der Waals surface area contributed by atoms with Crippen molar-refractivity contribution >= 4 is 19.8 Å². The predicted molar refractivity (Wildman–Crippen MR) is 244 cm³/mol. The lowest BCUT2D eigenvalue weighted by atomic mass is 9.85. The Labute approximate surface area is 376 Å². The van der Waals surface area contributed by atoms with Crippen molar-refractivity contribution < 1.29 is 63.1 Å². The third-order valence-corrected chi connectivity index (χ3v) is 13.2. The summed E-state index contributed by atoms with van der Waals surface area (Å²) in [5.41, 5.74) is 0. The topological polar surface area (TPSA) is 210 Å². The van der Waals surface area contributed by atoms with E-state index in [4.69, 9.17) is 18.5 Å². The van der Waals surface area contributed by atoms with Gasteiger partial charge in [0.25, 0.3) is 0 Å². The highest BCUT2D eigenvalue weighted by Gasteiger charge is 2.51. The second kappa shape index (κ2) is 39.1. The lowest BCUT2D eigenvalue weighted by molar-refractivity contribution is -0.220. The number of ether oxygens (including phenoxy) is 2. The molecule has 0 amide bonds. The van der Waals surface area contributed by atoms with Crippen LogP contribution in [0.15, 0.2) is 0 Å². The van der Waals surface area contributed by atoms with Crippen molar-refractivity contribution in [3.63, 3.8) is 0 Å². The van der Waals surface area contributed by atoms with Crippen LogP contribution in [0.25, 0.3) is 0 Å². The molecule has 0 heterocycles. The van der Waals surface area contributed by atoms with E-state index >= 15 is 0 Å². The smallest absolute Gasteiger partial charge is 0.462 e. The van der Waals surface area contributed by atoms with E-state index in [0.717, 1.165) is 38.5 Å². The molecule has 6 N–H and O–H groups in total. The van der Waals surface area contributed by atoms with E-state index in [1.807, 2.05) is 0 Å². The number of hydrogen-bond donors (Lipinski definition) is 6. The molecule has 0 aromatic carbocycles. The molecule has 1 saturated carbocycles. The quantitative estimate of drug-likeness (QED) is 0.0191. The normalized spacial score (nSPS) is 21.7. The van der Waals surface area contributed by atoms with Crippen molar-refractivity contribution in [2.24, 2.45) is 0 Å². The van der Waals surface area contributed by atoms with Crippen LogP contribution in [0.4, 0.5) is 0 Å². The van der Waals surface area contributed by atoms with Gasteiger partial charge in [-0.1, -0.05) is 213 Å². The van der Waals surface area contributed by atoms with E-state index in [-0.39, 0.29) is 12.8 Å². The summed E-state index contributed by atoms with van der Waals surface area (Å²) >= 11 is 0. The van der Waals surface area contributed by atoms with Crippen LogP contribution in [0.3, 0.4) is 0 Å². The number of phosphoric acid groups is 1. The van der Waals surface area contributed by atoms with Gasteiger partial charge in [-0.2, -0.15) is 0 Å². The van der Waals surface area contributed by atoms with Gasteiger partial charge in [-0.15, -0.1) is 0 Å². The van der Waals surface area contributed by atoms with Crippen LogP contribution in [-0.2, 0) is 32.7 Å². The van der Waals surface area contributed by atoms with Crippen molar-refractivity contribution in [2.75, 3.05) is 13.2 Å². The van der Waals surface area contributed by atoms with Crippen LogP contribution < -0.4 is 0 Å². The first-order valence-electron chi connectivity index (χ1n) is 25.3. The molecule has 0 aromatic heterocycles. The Hall–Kier alpha value is -1.15. The molecule has 368 valence electrons. The molecule has 0 spiro atoms. The summed E-state index contributed by atoms with van der Waals surface area (Å²) in [7, 11) is -5.11. The van der Waals surface area contributed by atoms with Gasteiger partial charge in [0.2, 0.25) is 0 Å². The number of carbonyl (C=O) groups is 2. The number of esters is 2. The van der Waals surface area contributed by atoms with Crippen molar-refractivity contribution in [1.29, 1.82) is 0 Å². The maximum Gasteiger partial charge on any atom is 0.472 e. The fraction of sp³-hybridized carbons (Fsp3) is 0.958. The first kappa shape index (κ1) is 58.9. The molecule has 62 heavy (non-hydrogen) atoms. The monoisotopic (exact) mass is 909 g/mol. The molecule has 6 unspecified atom stereocenters. The summed E-state index contributed by atoms with van der Waals surface area (Å²) in [4.78, 5) is 35.7. The first-order valence-corrected chi connectivity index (χ1v) is 26.8. The average molecular weight is 909 g/mol. The SMILES string of the molecule is CCCCCCCCCCCCCCCCCCCCCCCCC(=O)O[C@H](COC(=O)CCCCCCCCCCCCC)COP(=O)(O)OC1C(O)C(O)C(O)[C@H](O)C1O. The Kier molecular flexibility index (Phi) is 37.1. The minimum absolute atomic E-state index is 0.105. The standard InChI is InChI=1S/C48H93O13P/c1-3-5-7-9-11-13-15-16-17-18-19-20-21-22-23-24-25-27-29-31-33-35-37-42(50)60-40(38-58-41(49)36-34-32-30-28-26-14-12-10-8-6-4-2)39-59-62(56,57)61-48-46(54)44(52)43(51)45(53)47(48)55/h40,43-48,51-55H,3-39H2,1-2H3,(H,56,57)/t40-,43?,44+,45?,46?,47?,48?/m1/s1. The van der Waals surface area contributed by atoms with E-state index in [1.54, 1.807) is 0 Å². The Balaban J connectivity index is 2.34. The number of rotatable bonds is 43. The molecule has 1 rings (SSSR count). The summed E-state index contributed by atoms with van der Waals surface area (Å²) in [5.74, 6) is -1.08. The largest absolute Gasteiger partial charge is 0.472 e. The lowest BCUT2D eigenvalue weighted by Gasteiger charge is -2.41. The fourth-order valence-electron chi connectivity index (χ4n) is 8.11. The first-order chi connectivity index (χ1) is 29.9. The van der Waals surface area contributed by atoms with Crippen molar-refractivity contribution in [3.8, 4) is 0 Å². The average Bonchev–Trinajstić information content (AvgIpc) is 3.25. The number of unbranched alkanes of at least 4 members (excludes halogenated alkanes) is 31. The van der Waals surface area contributed by atoms with Gasteiger partial charge in [0, 0.05) is 12.8 Å². The second-order valence-electron chi connectivity index (χ2n) is 18.0. The maximum absolute atomic E-state index is 12.8. The van der Waals surface area contributed by atoms with E-state index < -0.39 is 75.7 Å². The van der Waals surface area contributed by atoms with Gasteiger partial charge >= 0.3 is 19.8 Å². The van der Waals surface area contributed by atoms with Gasteiger partial charge in [0.15, 0.2) is 6.10 Å². The highest BCUT2D eigenvalue weighted by Crippen LogP contribution is 2.47. The fourth-order valence-corrected chi connectivity index (χ4v) is 9.09. The summed E-state index contributed by atoms with van der Waals surface area (Å²) in [5, 5.41) is 50.2.